The first-order valence-electron chi connectivity index (χ1n) is 3.18. The third-order valence-electron chi connectivity index (χ3n) is 1.25. The SMILES string of the molecule is C1CCCC1.[CH3-].[Cl][Nb]([Cl])([Cl])[Cl]. The van der Waals surface area contributed by atoms with Crippen molar-refractivity contribution >= 4 is 36.8 Å². The molecule has 0 unspecified atom stereocenters. The van der Waals surface area contributed by atoms with E-state index < -0.39 is 12.8 Å². The molecule has 0 aliphatic heterocycles. The van der Waals surface area contributed by atoms with E-state index in [9.17, 15) is 0 Å². The second-order valence-electron chi connectivity index (χ2n) is 2.15. The molecular weight excluding hydrogens is 307 g/mol. The molecule has 0 radical (unpaired) electrons. The first-order valence-corrected chi connectivity index (χ1v) is 14.5. The van der Waals surface area contributed by atoms with Gasteiger partial charge in [-0.25, -0.2) is 0 Å². The molecule has 0 aromatic carbocycles. The molecule has 0 N–H and O–H groups in total. The summed E-state index contributed by atoms with van der Waals surface area (Å²) in [5, 5.41) is 0. The molecule has 0 atom stereocenters. The van der Waals surface area contributed by atoms with Crippen molar-refractivity contribution in [1.29, 1.82) is 0 Å². The molecule has 1 aliphatic rings. The Balaban J connectivity index is 0. The fourth-order valence-corrected chi connectivity index (χ4v) is 0.884. The Morgan fingerprint density at radius 3 is 0.818 bits per heavy atom. The van der Waals surface area contributed by atoms with E-state index in [1.807, 2.05) is 0 Å². The Hall–Kier alpha value is 1.90. The Bertz CT molecular complexity index is 63.5. The van der Waals surface area contributed by atoms with Gasteiger partial charge in [-0.05, 0) is 0 Å². The van der Waals surface area contributed by atoms with Crippen LogP contribution in [0, 0.1) is 7.43 Å². The molecule has 0 spiro atoms. The van der Waals surface area contributed by atoms with Crippen LogP contribution in [0.25, 0.3) is 0 Å². The fourth-order valence-electron chi connectivity index (χ4n) is 0.884. The number of hydrogen-bond acceptors (Lipinski definition) is 0. The molecule has 1 aliphatic carbocycles. The van der Waals surface area contributed by atoms with E-state index in [2.05, 4.69) is 0 Å². The Morgan fingerprint density at radius 2 is 0.727 bits per heavy atom. The van der Waals surface area contributed by atoms with Crippen LogP contribution in [-0.4, -0.2) is 0 Å². The molecule has 0 saturated heterocycles. The molecule has 0 bridgehead atoms. The van der Waals surface area contributed by atoms with E-state index in [4.69, 9.17) is 36.8 Å². The van der Waals surface area contributed by atoms with Crippen molar-refractivity contribution in [2.75, 3.05) is 0 Å². The average molecular weight is 320 g/mol. The predicted molar refractivity (Wildman–Crippen MR) is 52.9 cm³/mol. The summed E-state index contributed by atoms with van der Waals surface area (Å²) in [6, 6.07) is 0. The molecule has 1 fully saturated rings. The zero-order valence-electron chi connectivity index (χ0n) is 6.49. The minimum absolute atomic E-state index is 0. The molecule has 1 saturated carbocycles. The van der Waals surface area contributed by atoms with Crippen molar-refractivity contribution in [3.63, 3.8) is 0 Å². The molecular formula is C6H13Cl4Nb-. The summed E-state index contributed by atoms with van der Waals surface area (Å²) in [6.07, 6.45) is 7.50. The number of halogens is 4. The summed E-state index contributed by atoms with van der Waals surface area (Å²) in [7, 11) is 20.1. The van der Waals surface area contributed by atoms with E-state index in [-0.39, 0.29) is 7.43 Å². The Kier molecular flexibility index (Phi) is 11.9. The van der Waals surface area contributed by atoms with Gasteiger partial charge in [0.1, 0.15) is 0 Å². The normalized spacial score (nSPS) is 16.4. The van der Waals surface area contributed by atoms with Crippen molar-refractivity contribution in [3.05, 3.63) is 7.43 Å². The molecule has 0 aromatic heterocycles. The second kappa shape index (κ2) is 8.50. The van der Waals surface area contributed by atoms with Gasteiger partial charge in [0.2, 0.25) is 0 Å². The Morgan fingerprint density at radius 1 is 0.636 bits per heavy atom. The van der Waals surface area contributed by atoms with Gasteiger partial charge in [0.05, 0.1) is 0 Å². The third-order valence-corrected chi connectivity index (χ3v) is 1.25. The molecule has 71 valence electrons. The van der Waals surface area contributed by atoms with Crippen molar-refractivity contribution < 1.29 is 12.8 Å². The van der Waals surface area contributed by atoms with E-state index in [0.717, 1.165) is 0 Å². The van der Waals surface area contributed by atoms with Gasteiger partial charge in [0.25, 0.3) is 0 Å². The zero-order valence-corrected chi connectivity index (χ0v) is 11.7. The van der Waals surface area contributed by atoms with Gasteiger partial charge in [-0.3, -0.25) is 0 Å². The molecule has 0 aromatic rings. The first kappa shape index (κ1) is 15.4. The Labute approximate surface area is 88.4 Å². The summed E-state index contributed by atoms with van der Waals surface area (Å²) in [5.41, 5.74) is 0. The zero-order chi connectivity index (χ0) is 8.04. The summed E-state index contributed by atoms with van der Waals surface area (Å²) in [5.74, 6) is 0. The van der Waals surface area contributed by atoms with Crippen molar-refractivity contribution in [3.8, 4) is 0 Å². The van der Waals surface area contributed by atoms with Gasteiger partial charge < -0.3 is 7.43 Å². The summed E-state index contributed by atoms with van der Waals surface area (Å²) in [6.45, 7) is 0. The van der Waals surface area contributed by atoms with Gasteiger partial charge in [-0.15, -0.1) is 0 Å². The predicted octanol–water partition coefficient (Wildman–Crippen LogP) is 5.16. The fraction of sp³-hybridized carbons (Fsp3) is 0.833. The van der Waals surface area contributed by atoms with Gasteiger partial charge in [0.15, 0.2) is 0 Å². The van der Waals surface area contributed by atoms with Crippen LogP contribution in [0.2, 0.25) is 0 Å². The molecule has 0 nitrogen and oxygen atoms in total. The molecule has 11 heavy (non-hydrogen) atoms. The topological polar surface area (TPSA) is 0 Å². The van der Waals surface area contributed by atoms with E-state index >= 15 is 0 Å². The summed E-state index contributed by atoms with van der Waals surface area (Å²) >= 11 is -3.21. The van der Waals surface area contributed by atoms with Crippen LogP contribution >= 0.6 is 36.8 Å². The van der Waals surface area contributed by atoms with Crippen molar-refractivity contribution in [1.82, 2.24) is 0 Å². The van der Waals surface area contributed by atoms with E-state index in [1.54, 1.807) is 0 Å². The maximum atomic E-state index is 5.03. The van der Waals surface area contributed by atoms with E-state index in [1.165, 1.54) is 32.1 Å². The summed E-state index contributed by atoms with van der Waals surface area (Å²) < 4.78 is 0. The van der Waals surface area contributed by atoms with Gasteiger partial charge >= 0.3 is 49.6 Å². The minimum atomic E-state index is -3.21. The van der Waals surface area contributed by atoms with Gasteiger partial charge in [0, 0.05) is 0 Å². The van der Waals surface area contributed by atoms with Gasteiger partial charge in [-0.2, -0.15) is 0 Å². The monoisotopic (exact) mass is 318 g/mol. The molecule has 5 heteroatoms. The third kappa shape index (κ3) is 24.5. The standard InChI is InChI=1S/C5H10.CH3.4ClH.Nb/c1-2-4-5-3-1;;;;;;/h1-5H2;1H3;4*1H;/q;-1;;;;;+4/p-4. The van der Waals surface area contributed by atoms with Crippen LogP contribution in [0.1, 0.15) is 32.1 Å². The van der Waals surface area contributed by atoms with Crippen molar-refractivity contribution in [2.24, 2.45) is 0 Å². The first-order chi connectivity index (χ1) is 4.50. The van der Waals surface area contributed by atoms with Crippen LogP contribution in [0.4, 0.5) is 0 Å². The molecule has 0 amide bonds. The maximum absolute atomic E-state index is 5.03. The quantitative estimate of drug-likeness (QED) is 0.427. The van der Waals surface area contributed by atoms with Crippen LogP contribution in [0.3, 0.4) is 0 Å². The van der Waals surface area contributed by atoms with Crippen LogP contribution in [-0.2, 0) is 12.8 Å². The summed E-state index contributed by atoms with van der Waals surface area (Å²) in [4.78, 5) is 0. The van der Waals surface area contributed by atoms with E-state index in [0.29, 0.717) is 0 Å². The van der Waals surface area contributed by atoms with Crippen LogP contribution < -0.4 is 0 Å². The molecule has 1 rings (SSSR count). The molecule has 0 heterocycles. The average Bonchev–Trinajstić information content (AvgIpc) is 2.07. The van der Waals surface area contributed by atoms with Crippen LogP contribution in [0.5, 0.6) is 0 Å². The van der Waals surface area contributed by atoms with Crippen LogP contribution in [0.15, 0.2) is 0 Å². The second-order valence-corrected chi connectivity index (χ2v) is 22.2. The number of rotatable bonds is 0. The van der Waals surface area contributed by atoms with Gasteiger partial charge in [-0.1, -0.05) is 32.1 Å². The number of hydrogen-bond donors (Lipinski definition) is 0. The van der Waals surface area contributed by atoms with Crippen molar-refractivity contribution in [2.45, 2.75) is 32.1 Å².